The average Bonchev–Trinajstić information content (AvgIpc) is 2.47. The first kappa shape index (κ1) is 12.0. The van der Waals surface area contributed by atoms with E-state index in [1.54, 1.807) is 0 Å². The van der Waals surface area contributed by atoms with Crippen molar-refractivity contribution in [2.45, 2.75) is 18.9 Å². The zero-order valence-corrected chi connectivity index (χ0v) is 9.22. The van der Waals surface area contributed by atoms with Gasteiger partial charge in [-0.2, -0.15) is 4.76 Å². The lowest BCUT2D eigenvalue weighted by Gasteiger charge is -2.22. The largest absolute Gasteiger partial charge is 0.480 e. The highest BCUT2D eigenvalue weighted by Gasteiger charge is 2.32. The molecule has 7 nitrogen and oxygen atoms in total. The molecule has 1 saturated heterocycles. The molecule has 2 atom stereocenters. The first-order chi connectivity index (χ1) is 6.81. The summed E-state index contributed by atoms with van der Waals surface area (Å²) in [6, 6.07) is -0.736. The lowest BCUT2D eigenvalue weighted by atomic mass is 10.2. The van der Waals surface area contributed by atoms with Gasteiger partial charge in [0.2, 0.25) is 5.96 Å². The Kier molecular flexibility index (Phi) is 3.36. The van der Waals surface area contributed by atoms with E-state index in [4.69, 9.17) is 15.7 Å². The Labute approximate surface area is 87.1 Å². The second-order valence-electron chi connectivity index (χ2n) is 3.48. The molecule has 8 heteroatoms. The first-order valence-electron chi connectivity index (χ1n) is 4.46. The predicted molar refractivity (Wildman–Crippen MR) is 54.7 cm³/mol. The van der Waals surface area contributed by atoms with Gasteiger partial charge in [0.15, 0.2) is 0 Å². The number of guanidine groups is 1. The predicted octanol–water partition coefficient (Wildman–Crippen LogP) is -0.335. The van der Waals surface area contributed by atoms with Crippen molar-refractivity contribution in [3.05, 3.63) is 0 Å². The number of hydrogen-bond acceptors (Lipinski definition) is 2. The van der Waals surface area contributed by atoms with Crippen LogP contribution in [0.15, 0.2) is 4.76 Å². The van der Waals surface area contributed by atoms with Crippen molar-refractivity contribution in [1.29, 1.82) is 0 Å². The number of nitrogens with zero attached hydrogens (tertiary/aromatic N) is 2. The van der Waals surface area contributed by atoms with Crippen LogP contribution in [0.1, 0.15) is 12.8 Å². The lowest BCUT2D eigenvalue weighted by Crippen LogP contribution is -2.44. The summed E-state index contributed by atoms with van der Waals surface area (Å²) in [4.78, 5) is 21.1. The molecule has 1 fully saturated rings. The minimum absolute atomic E-state index is 0.173. The minimum atomic E-state index is -3.60. The number of aliphatic carboxylic acids is 1. The van der Waals surface area contributed by atoms with Crippen LogP contribution in [-0.4, -0.2) is 46.1 Å². The molecule has 4 N–H and O–H groups in total. The molecule has 15 heavy (non-hydrogen) atoms. The molecule has 1 heterocycles. The lowest BCUT2D eigenvalue weighted by molar-refractivity contribution is -0.140. The van der Waals surface area contributed by atoms with E-state index in [2.05, 4.69) is 4.76 Å². The molecule has 0 amide bonds. The highest BCUT2D eigenvalue weighted by molar-refractivity contribution is 7.55. The van der Waals surface area contributed by atoms with Crippen molar-refractivity contribution in [1.82, 2.24) is 4.90 Å². The summed E-state index contributed by atoms with van der Waals surface area (Å²) in [6.45, 7) is 1.50. The number of nitrogens with two attached hydrogens (primary N) is 1. The number of carboxylic acid groups (broad SMARTS) is 1. The van der Waals surface area contributed by atoms with Crippen molar-refractivity contribution < 1.29 is 19.4 Å². The normalized spacial score (nSPS) is 26.4. The third kappa shape index (κ3) is 3.21. The van der Waals surface area contributed by atoms with Crippen LogP contribution < -0.4 is 5.73 Å². The zero-order chi connectivity index (χ0) is 11.6. The van der Waals surface area contributed by atoms with Gasteiger partial charge < -0.3 is 20.6 Å². The molecule has 0 aromatic rings. The third-order valence-electron chi connectivity index (χ3n) is 2.12. The molecule has 0 bridgehead atoms. The van der Waals surface area contributed by atoms with Crippen LogP contribution in [0.4, 0.5) is 0 Å². The molecule has 0 aromatic heterocycles. The van der Waals surface area contributed by atoms with E-state index in [1.807, 2.05) is 0 Å². The zero-order valence-electron chi connectivity index (χ0n) is 8.33. The Balaban J connectivity index is 2.84. The number of rotatable bonds is 2. The van der Waals surface area contributed by atoms with Crippen LogP contribution in [0.5, 0.6) is 0 Å². The Morgan fingerprint density at radius 2 is 2.27 bits per heavy atom. The first-order valence-corrected chi connectivity index (χ1v) is 6.52. The Morgan fingerprint density at radius 1 is 1.67 bits per heavy atom. The van der Waals surface area contributed by atoms with Crippen molar-refractivity contribution >= 4 is 19.4 Å². The number of carbonyl (C=O) groups is 1. The number of hydrogen-bond donors (Lipinski definition) is 3. The van der Waals surface area contributed by atoms with Crippen molar-refractivity contribution in [2.24, 2.45) is 10.5 Å². The van der Waals surface area contributed by atoms with Gasteiger partial charge in [-0.05, 0) is 12.8 Å². The molecule has 0 aromatic carbocycles. The van der Waals surface area contributed by atoms with E-state index in [1.165, 1.54) is 4.90 Å². The third-order valence-corrected chi connectivity index (χ3v) is 2.70. The second kappa shape index (κ2) is 4.20. The maximum Gasteiger partial charge on any atom is 0.326 e. The summed E-state index contributed by atoms with van der Waals surface area (Å²) in [6.07, 6.45) is 1.16. The van der Waals surface area contributed by atoms with E-state index in [0.717, 1.165) is 6.66 Å². The summed E-state index contributed by atoms with van der Waals surface area (Å²) in [5.74, 6) is -1.16. The topological polar surface area (TPSA) is 116 Å². The van der Waals surface area contributed by atoms with E-state index in [-0.39, 0.29) is 5.96 Å². The smallest absolute Gasteiger partial charge is 0.326 e. The molecule has 0 aliphatic carbocycles. The fourth-order valence-electron chi connectivity index (χ4n) is 1.55. The van der Waals surface area contributed by atoms with E-state index in [0.29, 0.717) is 19.4 Å². The molecule has 2 unspecified atom stereocenters. The minimum Gasteiger partial charge on any atom is -0.480 e. The van der Waals surface area contributed by atoms with Crippen molar-refractivity contribution in [3.8, 4) is 0 Å². The van der Waals surface area contributed by atoms with E-state index in [9.17, 15) is 9.36 Å². The van der Waals surface area contributed by atoms with Gasteiger partial charge in [0.05, 0.1) is 0 Å². The maximum atomic E-state index is 11.0. The van der Waals surface area contributed by atoms with Crippen LogP contribution in [0.3, 0.4) is 0 Å². The Bertz CT molecular complexity index is 337. The van der Waals surface area contributed by atoms with Gasteiger partial charge in [0, 0.05) is 13.2 Å². The van der Waals surface area contributed by atoms with Crippen LogP contribution >= 0.6 is 7.52 Å². The van der Waals surface area contributed by atoms with Gasteiger partial charge in [-0.1, -0.05) is 0 Å². The Hall–Kier alpha value is -1.07. The SMILES string of the molecule is CP(=O)(O)/N=C(\N)N1CCCC1C(=O)O. The highest BCUT2D eigenvalue weighted by atomic mass is 31.2. The fourth-order valence-corrected chi connectivity index (χ4v) is 2.04. The van der Waals surface area contributed by atoms with Gasteiger partial charge in [-0.3, -0.25) is 4.57 Å². The second-order valence-corrected chi connectivity index (χ2v) is 5.35. The molecule has 86 valence electrons. The number of likely N-dealkylation sites (tertiary alicyclic amines) is 1. The summed E-state index contributed by atoms with van der Waals surface area (Å²) in [5.41, 5.74) is 5.47. The van der Waals surface area contributed by atoms with Gasteiger partial charge >= 0.3 is 13.5 Å². The highest BCUT2D eigenvalue weighted by Crippen LogP contribution is 2.37. The van der Waals surface area contributed by atoms with Gasteiger partial charge in [0.25, 0.3) is 0 Å². The average molecular weight is 235 g/mol. The molecule has 0 saturated carbocycles. The van der Waals surface area contributed by atoms with E-state index >= 15 is 0 Å². The summed E-state index contributed by atoms with van der Waals surface area (Å²) in [7, 11) is -3.60. The van der Waals surface area contributed by atoms with Crippen LogP contribution in [0.25, 0.3) is 0 Å². The number of carboxylic acids is 1. The quantitative estimate of drug-likeness (QED) is 0.342. The van der Waals surface area contributed by atoms with Gasteiger partial charge in [-0.25, -0.2) is 4.79 Å². The van der Waals surface area contributed by atoms with Gasteiger partial charge in [0.1, 0.15) is 6.04 Å². The molecule has 0 spiro atoms. The van der Waals surface area contributed by atoms with Crippen molar-refractivity contribution in [3.63, 3.8) is 0 Å². The maximum absolute atomic E-state index is 11.0. The summed E-state index contributed by atoms with van der Waals surface area (Å²) in [5, 5.41) is 8.85. The summed E-state index contributed by atoms with van der Waals surface area (Å²) >= 11 is 0. The summed E-state index contributed by atoms with van der Waals surface area (Å²) < 4.78 is 14.4. The Morgan fingerprint density at radius 3 is 2.73 bits per heavy atom. The monoisotopic (exact) mass is 235 g/mol. The molecule has 1 aliphatic rings. The molecular formula is C7H14N3O4P. The van der Waals surface area contributed by atoms with E-state index < -0.39 is 19.5 Å². The van der Waals surface area contributed by atoms with Gasteiger partial charge in [-0.15, -0.1) is 0 Å². The van der Waals surface area contributed by atoms with Crippen LogP contribution in [0.2, 0.25) is 0 Å². The van der Waals surface area contributed by atoms with Crippen LogP contribution in [-0.2, 0) is 9.36 Å². The molecule has 0 radical (unpaired) electrons. The molecule has 1 aliphatic heterocycles. The molecular weight excluding hydrogens is 221 g/mol. The standard InChI is InChI=1S/C7H14N3O4P/c1-15(13,14)9-7(8)10-4-2-3-5(10)6(11)12/h5H,2-4H2,1H3,(H,11,12)(H3,8,9,13,14). The van der Waals surface area contributed by atoms with Crippen molar-refractivity contribution in [2.75, 3.05) is 13.2 Å². The fraction of sp³-hybridized carbons (Fsp3) is 0.714. The molecule has 1 rings (SSSR count). The van der Waals surface area contributed by atoms with Crippen LogP contribution in [0, 0.1) is 0 Å².